The second kappa shape index (κ2) is 5.19. The highest BCUT2D eigenvalue weighted by molar-refractivity contribution is 5.98. The van der Waals surface area contributed by atoms with E-state index < -0.39 is 0 Å². The Morgan fingerprint density at radius 2 is 2.13 bits per heavy atom. The highest BCUT2D eigenvalue weighted by Gasteiger charge is 2.28. The molecule has 0 atom stereocenters. The van der Waals surface area contributed by atoms with E-state index in [1.807, 2.05) is 36.9 Å². The molecule has 0 radical (unpaired) electrons. The van der Waals surface area contributed by atoms with Gasteiger partial charge in [-0.2, -0.15) is 0 Å². The summed E-state index contributed by atoms with van der Waals surface area (Å²) in [6.07, 6.45) is 0. The number of aromatic amines is 1. The number of rotatable bonds is 3. The molecule has 1 aromatic carbocycles. The normalized spacial score (nSPS) is 15.8. The number of benzene rings is 1. The molecule has 0 spiro atoms. The maximum absolute atomic E-state index is 12.0. The lowest BCUT2D eigenvalue weighted by Gasteiger charge is -2.27. The van der Waals surface area contributed by atoms with E-state index in [9.17, 15) is 4.79 Å². The summed E-state index contributed by atoms with van der Waals surface area (Å²) in [6, 6.07) is 5.87. The standard InChI is InChI=1S/C16H18N4O3/c1-9(2)14-18-13-15(19-14)20(7-17-16(13)21)6-10-3-4-11-12(5-10)23-8-22-11/h3-5,9H,6-8H2,1-2H3,(H,17,21)(H,18,19). The van der Waals surface area contributed by atoms with Crippen LogP contribution in [0.5, 0.6) is 11.5 Å². The zero-order valence-corrected chi connectivity index (χ0v) is 13.0. The number of ether oxygens (including phenoxy) is 2. The second-order valence-corrected chi connectivity index (χ2v) is 6.02. The van der Waals surface area contributed by atoms with Crippen LogP contribution in [-0.4, -0.2) is 29.3 Å². The van der Waals surface area contributed by atoms with Gasteiger partial charge in [0.25, 0.3) is 5.91 Å². The van der Waals surface area contributed by atoms with Crippen LogP contribution in [0.15, 0.2) is 18.2 Å². The maximum Gasteiger partial charge on any atom is 0.272 e. The first-order valence-electron chi connectivity index (χ1n) is 7.63. The van der Waals surface area contributed by atoms with Gasteiger partial charge in [0.05, 0.1) is 6.67 Å². The molecule has 1 aromatic heterocycles. The number of nitrogens with one attached hydrogen (secondary N) is 2. The van der Waals surface area contributed by atoms with Gasteiger partial charge in [-0.25, -0.2) is 4.98 Å². The Hall–Kier alpha value is -2.70. The summed E-state index contributed by atoms with van der Waals surface area (Å²) in [7, 11) is 0. The molecular weight excluding hydrogens is 296 g/mol. The molecule has 120 valence electrons. The fourth-order valence-corrected chi connectivity index (χ4v) is 2.76. The zero-order chi connectivity index (χ0) is 16.0. The van der Waals surface area contributed by atoms with E-state index in [1.165, 1.54) is 0 Å². The summed E-state index contributed by atoms with van der Waals surface area (Å²) in [4.78, 5) is 21.8. The van der Waals surface area contributed by atoms with Crippen molar-refractivity contribution in [2.75, 3.05) is 18.4 Å². The molecule has 2 aliphatic rings. The minimum absolute atomic E-state index is 0.110. The van der Waals surface area contributed by atoms with E-state index in [0.717, 1.165) is 22.9 Å². The van der Waals surface area contributed by atoms with E-state index in [2.05, 4.69) is 15.3 Å². The number of carbonyl (C=O) groups excluding carboxylic acids is 1. The second-order valence-electron chi connectivity index (χ2n) is 6.02. The number of nitrogens with zero attached hydrogens (tertiary/aromatic N) is 2. The van der Waals surface area contributed by atoms with E-state index in [-0.39, 0.29) is 18.6 Å². The number of anilines is 1. The van der Waals surface area contributed by atoms with Gasteiger partial charge >= 0.3 is 0 Å². The largest absolute Gasteiger partial charge is 0.454 e. The Kier molecular flexibility index (Phi) is 3.14. The van der Waals surface area contributed by atoms with Crippen LogP contribution in [0, 0.1) is 0 Å². The Balaban J connectivity index is 1.63. The van der Waals surface area contributed by atoms with Gasteiger partial charge in [0.1, 0.15) is 11.5 Å². The van der Waals surface area contributed by atoms with Gasteiger partial charge in [0, 0.05) is 12.5 Å². The van der Waals surface area contributed by atoms with Crippen molar-refractivity contribution in [3.05, 3.63) is 35.3 Å². The number of hydrogen-bond donors (Lipinski definition) is 2. The minimum atomic E-state index is -0.110. The number of hydrogen-bond acceptors (Lipinski definition) is 5. The summed E-state index contributed by atoms with van der Waals surface area (Å²) in [5.74, 6) is 3.18. The van der Waals surface area contributed by atoms with Gasteiger partial charge in [-0.15, -0.1) is 0 Å². The lowest BCUT2D eigenvalue weighted by atomic mass is 10.2. The molecule has 23 heavy (non-hydrogen) atoms. The van der Waals surface area contributed by atoms with Crippen LogP contribution >= 0.6 is 0 Å². The highest BCUT2D eigenvalue weighted by Crippen LogP contribution is 2.33. The molecule has 0 fully saturated rings. The van der Waals surface area contributed by atoms with Gasteiger partial charge in [-0.1, -0.05) is 19.9 Å². The average Bonchev–Trinajstić information content (AvgIpc) is 3.16. The Morgan fingerprint density at radius 1 is 1.30 bits per heavy atom. The van der Waals surface area contributed by atoms with Crippen molar-refractivity contribution >= 4 is 11.7 Å². The monoisotopic (exact) mass is 314 g/mol. The fraction of sp³-hybridized carbons (Fsp3) is 0.375. The SMILES string of the molecule is CC(C)c1nc2c([nH]1)C(=O)NCN2Cc1ccc2c(c1)OCO2. The van der Waals surface area contributed by atoms with Gasteiger partial charge in [-0.3, -0.25) is 4.79 Å². The molecule has 1 amide bonds. The molecule has 0 unspecified atom stereocenters. The van der Waals surface area contributed by atoms with Crippen LogP contribution in [-0.2, 0) is 6.54 Å². The Morgan fingerprint density at radius 3 is 2.96 bits per heavy atom. The molecule has 7 heteroatoms. The van der Waals surface area contributed by atoms with E-state index in [1.54, 1.807) is 0 Å². The first-order chi connectivity index (χ1) is 11.1. The van der Waals surface area contributed by atoms with Crippen molar-refractivity contribution < 1.29 is 14.3 Å². The van der Waals surface area contributed by atoms with Gasteiger partial charge in [0.15, 0.2) is 17.3 Å². The van der Waals surface area contributed by atoms with Crippen LogP contribution < -0.4 is 19.7 Å². The Labute approximate surface area is 133 Å². The molecule has 0 aliphatic carbocycles. The molecule has 7 nitrogen and oxygen atoms in total. The van der Waals surface area contributed by atoms with Crippen molar-refractivity contribution in [2.45, 2.75) is 26.3 Å². The van der Waals surface area contributed by atoms with Crippen molar-refractivity contribution in [3.63, 3.8) is 0 Å². The molecule has 3 heterocycles. The van der Waals surface area contributed by atoms with Gasteiger partial charge < -0.3 is 24.7 Å². The van der Waals surface area contributed by atoms with Crippen molar-refractivity contribution in [1.82, 2.24) is 15.3 Å². The quantitative estimate of drug-likeness (QED) is 0.905. The summed E-state index contributed by atoms with van der Waals surface area (Å²) >= 11 is 0. The minimum Gasteiger partial charge on any atom is -0.454 e. The van der Waals surface area contributed by atoms with E-state index in [4.69, 9.17) is 9.47 Å². The third kappa shape index (κ3) is 2.38. The third-order valence-corrected chi connectivity index (χ3v) is 4.02. The number of imidazole rings is 1. The average molecular weight is 314 g/mol. The molecule has 0 bridgehead atoms. The molecule has 0 saturated carbocycles. The number of carbonyl (C=O) groups is 1. The molecule has 2 N–H and O–H groups in total. The summed E-state index contributed by atoms with van der Waals surface area (Å²) < 4.78 is 10.8. The van der Waals surface area contributed by atoms with Crippen molar-refractivity contribution in [1.29, 1.82) is 0 Å². The van der Waals surface area contributed by atoms with E-state index in [0.29, 0.717) is 24.7 Å². The van der Waals surface area contributed by atoms with Gasteiger partial charge in [-0.05, 0) is 17.7 Å². The smallest absolute Gasteiger partial charge is 0.272 e. The number of aromatic nitrogens is 2. The lowest BCUT2D eigenvalue weighted by Crippen LogP contribution is -2.43. The van der Waals surface area contributed by atoms with Crippen LogP contribution in [0.3, 0.4) is 0 Å². The summed E-state index contributed by atoms with van der Waals surface area (Å²) in [5, 5.41) is 2.87. The fourth-order valence-electron chi connectivity index (χ4n) is 2.76. The molecule has 0 saturated heterocycles. The van der Waals surface area contributed by atoms with Crippen LogP contribution in [0.2, 0.25) is 0 Å². The van der Waals surface area contributed by atoms with Crippen LogP contribution in [0.1, 0.15) is 41.6 Å². The summed E-state index contributed by atoms with van der Waals surface area (Å²) in [6.45, 7) is 5.42. The third-order valence-electron chi connectivity index (χ3n) is 4.02. The molecular formula is C16H18N4O3. The van der Waals surface area contributed by atoms with Crippen LogP contribution in [0.25, 0.3) is 0 Å². The lowest BCUT2D eigenvalue weighted by molar-refractivity contribution is 0.0942. The maximum atomic E-state index is 12.0. The highest BCUT2D eigenvalue weighted by atomic mass is 16.7. The number of amides is 1. The predicted molar refractivity (Wildman–Crippen MR) is 83.8 cm³/mol. The molecule has 4 rings (SSSR count). The zero-order valence-electron chi connectivity index (χ0n) is 13.0. The Bertz CT molecular complexity index is 769. The van der Waals surface area contributed by atoms with Gasteiger partial charge in [0.2, 0.25) is 6.79 Å². The predicted octanol–water partition coefficient (Wildman–Crippen LogP) is 1.97. The topological polar surface area (TPSA) is 79.5 Å². The van der Waals surface area contributed by atoms with Crippen molar-refractivity contribution in [2.24, 2.45) is 0 Å². The van der Waals surface area contributed by atoms with E-state index >= 15 is 0 Å². The molecule has 2 aliphatic heterocycles. The van der Waals surface area contributed by atoms with Crippen molar-refractivity contribution in [3.8, 4) is 11.5 Å². The number of H-pyrrole nitrogens is 1. The number of fused-ring (bicyclic) bond motifs is 2. The first kappa shape index (κ1) is 13.9. The molecule has 2 aromatic rings. The van der Waals surface area contributed by atoms with Crippen LogP contribution in [0.4, 0.5) is 5.82 Å². The summed E-state index contributed by atoms with van der Waals surface area (Å²) in [5.41, 5.74) is 1.60. The first-order valence-corrected chi connectivity index (χ1v) is 7.63.